The predicted molar refractivity (Wildman–Crippen MR) is 364 cm³/mol. The summed E-state index contributed by atoms with van der Waals surface area (Å²) in [4.78, 5) is 134. The second-order valence-electron chi connectivity index (χ2n) is 19.7. The maximum atomic E-state index is 11.8. The van der Waals surface area contributed by atoms with Crippen LogP contribution in [-0.2, 0) is 80.8 Å². The zero-order valence-corrected chi connectivity index (χ0v) is 60.8. The van der Waals surface area contributed by atoms with Crippen molar-refractivity contribution in [2.45, 2.75) is 166 Å². The summed E-state index contributed by atoms with van der Waals surface area (Å²) in [5, 5.41) is -2.89. The average Bonchev–Trinajstić information content (AvgIpc) is 1.65. The Balaban J connectivity index is -0.000000519. The van der Waals surface area contributed by atoms with E-state index < -0.39 is 98.8 Å². The van der Waals surface area contributed by atoms with Gasteiger partial charge < -0.3 is 91.2 Å². The van der Waals surface area contributed by atoms with Crippen LogP contribution in [0.3, 0.4) is 0 Å². The van der Waals surface area contributed by atoms with Gasteiger partial charge in [-0.2, -0.15) is 0 Å². The molecule has 30 nitrogen and oxygen atoms in total. The van der Waals surface area contributed by atoms with Gasteiger partial charge in [-0.05, 0) is 116 Å². The van der Waals surface area contributed by atoms with Crippen molar-refractivity contribution in [3.05, 3.63) is 35.9 Å². The molecule has 542 valence electrons. The Hall–Kier alpha value is -5.28. The summed E-state index contributed by atoms with van der Waals surface area (Å²) < 4.78 is 58.0. The van der Waals surface area contributed by atoms with Crippen molar-refractivity contribution in [1.82, 2.24) is 0 Å². The third kappa shape index (κ3) is 60.4. The number of benzene rings is 1. The maximum absolute atomic E-state index is 11.8. The first-order chi connectivity index (χ1) is 44.2. The lowest BCUT2D eigenvalue weighted by Crippen LogP contribution is -2.29. The van der Waals surface area contributed by atoms with Crippen molar-refractivity contribution < 1.29 is 114 Å². The predicted octanol–water partition coefficient (Wildman–Crippen LogP) is 9.25. The van der Waals surface area contributed by atoms with E-state index in [1.54, 1.807) is 78.8 Å². The Kier molecular flexibility index (Phi) is 60.9. The van der Waals surface area contributed by atoms with Gasteiger partial charge in [0.25, 0.3) is 0 Å². The number of carbonyl (C=O) groups excluding carboxylic acids is 12. The van der Waals surface area contributed by atoms with Gasteiger partial charge in [0.2, 0.25) is 37.7 Å². The second kappa shape index (κ2) is 60.2. The maximum Gasteiger partial charge on any atom is 0.370 e. The van der Waals surface area contributed by atoms with Crippen molar-refractivity contribution in [1.29, 1.82) is 0 Å². The number of rotatable bonds is 28. The minimum Gasteiger partial charge on any atom is -0.426 e. The van der Waals surface area contributed by atoms with E-state index in [4.69, 9.17) is 81.8 Å². The normalized spacial score (nSPS) is 13.3. The van der Waals surface area contributed by atoms with Crippen molar-refractivity contribution in [3.63, 3.8) is 0 Å². The molecule has 0 radical (unpaired) electrons. The van der Waals surface area contributed by atoms with Gasteiger partial charge >= 0.3 is 67.6 Å². The lowest BCUT2D eigenvalue weighted by Gasteiger charge is -2.22. The molecule has 1 aliphatic rings. The molecule has 12 N–H and O–H groups in total. The number of esters is 6. The molecule has 0 heterocycles. The van der Waals surface area contributed by atoms with Crippen LogP contribution in [0.4, 0.5) is 28.8 Å². The van der Waals surface area contributed by atoms with Crippen LogP contribution in [-0.4, -0.2) is 179 Å². The van der Waals surface area contributed by atoms with Crippen LogP contribution >= 0.6 is 70.6 Å². The van der Waals surface area contributed by atoms with Crippen LogP contribution in [0.2, 0.25) is 0 Å². The fraction of sp³-hybridized carbons (Fsp3) is 0.690. The number of thioether (sulfide) groups is 6. The average molecular weight is 1460 g/mol. The summed E-state index contributed by atoms with van der Waals surface area (Å²) >= 11 is 5.78. The standard InChI is InChI=1S/C12H21NO4S.C12H15NO4S.C10H19NO4S.C9H17NO4S.C8H15NO4S.C7H13NO4S/c2*1-9(17-12(15)18-8-7-13)16-11(14)10-5-3-2-4-6-10;1-7(14-8(12)10(2,3)4)15-9(13)16-6-5-11;1-6(2)8(11)13-7(3)14-9(12)15-5-4-10;1-3-7(10)12-6(2)13-8(11)14-5-4-9;1-5(9)11-6(2)12-7(10)13-4-3-8/h9-10H,2-8,13H2,1H3;2-6,9H,7-8,13H2,1H3;7H,5-6,11H2,1-4H3;6-7H,4-5,10H2,1-3H3;6H,3-5,9H2,1-2H3;6H,3-4,8H2,1-2H3. The van der Waals surface area contributed by atoms with Gasteiger partial charge in [0.15, 0.2) is 0 Å². The Morgan fingerprint density at radius 1 is 0.426 bits per heavy atom. The summed E-state index contributed by atoms with van der Waals surface area (Å²) in [5.41, 5.74) is 31.1. The van der Waals surface area contributed by atoms with Gasteiger partial charge in [0.05, 0.1) is 22.8 Å². The second-order valence-corrected chi connectivity index (χ2v) is 25.9. The van der Waals surface area contributed by atoms with E-state index in [1.165, 1.54) is 48.0 Å². The Morgan fingerprint density at radius 3 is 1.04 bits per heavy atom. The van der Waals surface area contributed by atoms with E-state index in [-0.39, 0.29) is 30.2 Å². The molecule has 2 rings (SSSR count). The van der Waals surface area contributed by atoms with Gasteiger partial charge in [-0.15, -0.1) is 0 Å². The molecule has 6 atom stereocenters. The number of nitrogens with two attached hydrogens (primary N) is 6. The number of carbonyl (C=O) groups is 12. The molecule has 0 saturated heterocycles. The zero-order valence-electron chi connectivity index (χ0n) is 55.9. The van der Waals surface area contributed by atoms with Gasteiger partial charge in [-0.25, -0.2) is 33.6 Å². The summed E-state index contributed by atoms with van der Waals surface area (Å²) in [5.74, 6) is 0.216. The fourth-order valence-electron chi connectivity index (χ4n) is 5.54. The van der Waals surface area contributed by atoms with Crippen LogP contribution < -0.4 is 34.4 Å². The van der Waals surface area contributed by atoms with E-state index in [1.807, 2.05) is 0 Å². The molecule has 1 aliphatic carbocycles. The molecule has 0 bridgehead atoms. The molecular formula is C58H100N6O24S6. The van der Waals surface area contributed by atoms with E-state index in [0.717, 1.165) is 96.3 Å². The smallest absolute Gasteiger partial charge is 0.370 e. The monoisotopic (exact) mass is 1460 g/mol. The van der Waals surface area contributed by atoms with Crippen molar-refractivity contribution >= 4 is 138 Å². The highest BCUT2D eigenvalue weighted by Crippen LogP contribution is 2.25. The highest BCUT2D eigenvalue weighted by atomic mass is 32.2. The molecule has 1 fully saturated rings. The quantitative estimate of drug-likeness (QED) is 0.0258. The summed E-state index contributed by atoms with van der Waals surface area (Å²) in [6.45, 7) is 22.9. The largest absolute Gasteiger partial charge is 0.426 e. The van der Waals surface area contributed by atoms with E-state index in [9.17, 15) is 57.5 Å². The highest BCUT2D eigenvalue weighted by molar-refractivity contribution is 8.14. The van der Waals surface area contributed by atoms with E-state index >= 15 is 0 Å². The zero-order chi connectivity index (χ0) is 72.6. The molecule has 1 aromatic carbocycles. The molecule has 1 aromatic rings. The van der Waals surface area contributed by atoms with Crippen LogP contribution in [0.25, 0.3) is 0 Å². The van der Waals surface area contributed by atoms with Crippen molar-refractivity contribution in [3.8, 4) is 0 Å². The van der Waals surface area contributed by atoms with Gasteiger partial charge in [0, 0.05) is 129 Å². The van der Waals surface area contributed by atoms with Crippen LogP contribution in [0, 0.1) is 17.3 Å². The minimum atomic E-state index is -0.921. The van der Waals surface area contributed by atoms with Gasteiger partial charge in [-0.1, -0.05) is 58.2 Å². The van der Waals surface area contributed by atoms with Crippen LogP contribution in [0.15, 0.2) is 30.3 Å². The molecule has 0 spiro atoms. The molecule has 0 amide bonds. The molecule has 0 aliphatic heterocycles. The third-order valence-electron chi connectivity index (χ3n) is 9.66. The molecular weight excluding hydrogens is 1360 g/mol. The first kappa shape index (κ1) is 95.1. The summed E-state index contributed by atoms with van der Waals surface area (Å²) in [6, 6.07) is 8.50. The van der Waals surface area contributed by atoms with E-state index in [0.29, 0.717) is 79.3 Å². The Morgan fingerprint density at radius 2 is 0.734 bits per heavy atom. The lowest BCUT2D eigenvalue weighted by atomic mass is 9.89. The molecule has 94 heavy (non-hydrogen) atoms. The molecule has 36 heteroatoms. The first-order valence-corrected chi connectivity index (χ1v) is 35.5. The van der Waals surface area contributed by atoms with Gasteiger partial charge in [-0.3, -0.25) is 24.0 Å². The summed E-state index contributed by atoms with van der Waals surface area (Å²) in [7, 11) is 0. The van der Waals surface area contributed by atoms with E-state index in [2.05, 4.69) is 9.47 Å². The number of hydrogen-bond acceptors (Lipinski definition) is 36. The molecule has 1 saturated carbocycles. The summed E-state index contributed by atoms with van der Waals surface area (Å²) in [6.07, 6.45) is 0.205. The number of ether oxygens (including phenoxy) is 12. The van der Waals surface area contributed by atoms with Gasteiger partial charge in [0.1, 0.15) is 0 Å². The SMILES string of the molecule is CC(=O)OC(C)OC(=O)SCCN.CC(OC(=O)SCCN)OC(=O)C(C)(C)C.CC(OC(=O)SCCN)OC(=O)C(C)C.CC(OC(=O)SCCN)OC(=O)C1CCCCC1.CC(OC(=O)SCCN)OC(=O)c1ccccc1.CCC(=O)OC(C)OC(=O)SCCN. The Bertz CT molecular complexity index is 2330. The molecule has 6 unspecified atom stereocenters. The molecule has 0 aromatic heterocycles. The first-order valence-electron chi connectivity index (χ1n) is 29.6. The minimum absolute atomic E-state index is 0.0309. The lowest BCUT2D eigenvalue weighted by molar-refractivity contribution is -0.173. The third-order valence-corrected chi connectivity index (χ3v) is 14.3. The van der Waals surface area contributed by atoms with Crippen LogP contribution in [0.1, 0.15) is 139 Å². The highest BCUT2D eigenvalue weighted by Gasteiger charge is 2.27. The fourth-order valence-corrected chi connectivity index (χ4v) is 8.46. The van der Waals surface area contributed by atoms with Crippen molar-refractivity contribution in [2.75, 3.05) is 73.8 Å². The Labute approximate surface area is 577 Å². The van der Waals surface area contributed by atoms with Crippen LogP contribution in [0.5, 0.6) is 0 Å². The number of hydrogen-bond donors (Lipinski definition) is 6. The topological polar surface area (TPSA) is 472 Å². The van der Waals surface area contributed by atoms with Crippen molar-refractivity contribution in [2.24, 2.45) is 51.7 Å².